The van der Waals surface area contributed by atoms with Gasteiger partial charge in [0, 0.05) is 30.9 Å². The van der Waals surface area contributed by atoms with Gasteiger partial charge in [0.1, 0.15) is 11.4 Å². The van der Waals surface area contributed by atoms with Gasteiger partial charge in [-0.2, -0.15) is 0 Å². The molecule has 0 radical (unpaired) electrons. The number of nitrogens with zero attached hydrogens (tertiary/aromatic N) is 1. The average molecular weight is 306 g/mol. The first-order chi connectivity index (χ1) is 10.2. The summed E-state index contributed by atoms with van der Waals surface area (Å²) in [6.45, 7) is 5.43. The van der Waals surface area contributed by atoms with Crippen LogP contribution in [0.1, 0.15) is 32.3 Å². The van der Waals surface area contributed by atoms with E-state index in [1.807, 2.05) is 0 Å². The van der Waals surface area contributed by atoms with Gasteiger partial charge in [-0.15, -0.1) is 0 Å². The minimum absolute atomic E-state index is 0.0102. The molecule has 1 aliphatic heterocycles. The molecule has 1 heterocycles. The molecule has 0 bridgehead atoms. The predicted octanol–water partition coefficient (Wildman–Crippen LogP) is 1.09. The molecule has 2 rings (SSSR count). The summed E-state index contributed by atoms with van der Waals surface area (Å²) in [5.41, 5.74) is -0.149. The number of ether oxygens (including phenoxy) is 1. The molecule has 0 saturated carbocycles. The molecule has 6 heteroatoms. The van der Waals surface area contributed by atoms with Crippen molar-refractivity contribution >= 4 is 12.1 Å². The normalized spacial score (nSPS) is 21.7. The maximum Gasteiger partial charge on any atom is 0.410 e. The van der Waals surface area contributed by atoms with Crippen LogP contribution >= 0.6 is 0 Å². The van der Waals surface area contributed by atoms with Crippen molar-refractivity contribution in [2.24, 2.45) is 5.92 Å². The van der Waals surface area contributed by atoms with Gasteiger partial charge >= 0.3 is 6.09 Å². The summed E-state index contributed by atoms with van der Waals surface area (Å²) in [7, 11) is 0. The second-order valence-corrected chi connectivity index (χ2v) is 6.48. The Hall–Kier alpha value is -2.24. The van der Waals surface area contributed by atoms with Crippen LogP contribution in [0.25, 0.3) is 0 Å². The number of phenols is 1. The zero-order valence-electron chi connectivity index (χ0n) is 12.9. The lowest BCUT2D eigenvalue weighted by molar-refractivity contribution is -0.311. The Morgan fingerprint density at radius 3 is 2.45 bits per heavy atom. The SMILES string of the molecule is CC(C)(C)OC(=O)N1C[C@@H](C(=O)[O-])[C@H](c2ccccc2O)C1. The number of hydrogen-bond acceptors (Lipinski definition) is 5. The lowest BCUT2D eigenvalue weighted by Crippen LogP contribution is -2.38. The Labute approximate surface area is 129 Å². The molecule has 0 spiro atoms. The van der Waals surface area contributed by atoms with E-state index in [1.165, 1.54) is 11.0 Å². The first-order valence-corrected chi connectivity index (χ1v) is 7.15. The van der Waals surface area contributed by atoms with Crippen LogP contribution in [-0.2, 0) is 9.53 Å². The molecule has 1 fully saturated rings. The standard InChI is InChI=1S/C16H21NO5/c1-16(2,3)22-15(21)17-8-11(12(9-17)14(19)20)10-6-4-5-7-13(10)18/h4-7,11-12,18H,8-9H2,1-3H3,(H,19,20)/p-1/t11-,12+/m0/s1. The molecule has 120 valence electrons. The smallest absolute Gasteiger partial charge is 0.410 e. The van der Waals surface area contributed by atoms with Crippen molar-refractivity contribution in [2.45, 2.75) is 32.3 Å². The molecule has 0 unspecified atom stereocenters. The number of carbonyl (C=O) groups excluding carboxylic acids is 2. The quantitative estimate of drug-likeness (QED) is 0.883. The summed E-state index contributed by atoms with van der Waals surface area (Å²) in [6, 6.07) is 6.54. The summed E-state index contributed by atoms with van der Waals surface area (Å²) in [4.78, 5) is 24.8. The third-order valence-corrected chi connectivity index (χ3v) is 3.61. The number of aromatic hydroxyl groups is 1. The molecule has 0 aliphatic carbocycles. The highest BCUT2D eigenvalue weighted by atomic mass is 16.6. The Morgan fingerprint density at radius 1 is 1.27 bits per heavy atom. The van der Waals surface area contributed by atoms with E-state index in [2.05, 4.69) is 0 Å². The molecule has 0 aromatic heterocycles. The summed E-state index contributed by atoms with van der Waals surface area (Å²) in [6.07, 6.45) is -0.559. The van der Waals surface area contributed by atoms with Crippen LogP contribution in [0.3, 0.4) is 0 Å². The van der Waals surface area contributed by atoms with Gasteiger partial charge in [-0.05, 0) is 32.4 Å². The maximum absolute atomic E-state index is 12.1. The van der Waals surface area contributed by atoms with Gasteiger partial charge in [-0.25, -0.2) is 4.79 Å². The largest absolute Gasteiger partial charge is 0.550 e. The zero-order chi connectivity index (χ0) is 16.5. The fraction of sp³-hybridized carbons (Fsp3) is 0.500. The highest BCUT2D eigenvalue weighted by Gasteiger charge is 2.39. The lowest BCUT2D eigenvalue weighted by atomic mass is 9.88. The predicted molar refractivity (Wildman–Crippen MR) is 77.2 cm³/mol. The third-order valence-electron chi connectivity index (χ3n) is 3.61. The van der Waals surface area contributed by atoms with Crippen molar-refractivity contribution < 1.29 is 24.5 Å². The number of hydrogen-bond donors (Lipinski definition) is 1. The average Bonchev–Trinajstić information content (AvgIpc) is 2.82. The van der Waals surface area contributed by atoms with E-state index in [9.17, 15) is 19.8 Å². The number of likely N-dealkylation sites (tertiary alicyclic amines) is 1. The van der Waals surface area contributed by atoms with Gasteiger partial charge in [0.2, 0.25) is 0 Å². The summed E-state index contributed by atoms with van der Waals surface area (Å²) >= 11 is 0. The van der Waals surface area contributed by atoms with Gasteiger partial charge in [-0.1, -0.05) is 18.2 Å². The molecular weight excluding hydrogens is 286 g/mol. The fourth-order valence-electron chi connectivity index (χ4n) is 2.63. The zero-order valence-corrected chi connectivity index (χ0v) is 12.9. The van der Waals surface area contributed by atoms with E-state index in [4.69, 9.17) is 4.74 Å². The van der Waals surface area contributed by atoms with Gasteiger partial charge < -0.3 is 24.6 Å². The monoisotopic (exact) mass is 306 g/mol. The fourth-order valence-corrected chi connectivity index (χ4v) is 2.63. The molecule has 1 aliphatic rings. The van der Waals surface area contributed by atoms with Crippen molar-refractivity contribution in [3.63, 3.8) is 0 Å². The van der Waals surface area contributed by atoms with Crippen LogP contribution in [-0.4, -0.2) is 40.8 Å². The van der Waals surface area contributed by atoms with Gasteiger partial charge in [0.25, 0.3) is 0 Å². The Morgan fingerprint density at radius 2 is 1.91 bits per heavy atom. The molecule has 22 heavy (non-hydrogen) atoms. The Bertz CT molecular complexity index is 578. The molecule has 1 saturated heterocycles. The first kappa shape index (κ1) is 16.1. The maximum atomic E-state index is 12.1. The highest BCUT2D eigenvalue weighted by molar-refractivity contribution is 5.75. The van der Waals surface area contributed by atoms with E-state index in [0.717, 1.165) is 0 Å². The van der Waals surface area contributed by atoms with Crippen molar-refractivity contribution in [1.82, 2.24) is 4.90 Å². The molecule has 1 aromatic carbocycles. The number of carboxylic acid groups (broad SMARTS) is 1. The molecule has 1 aromatic rings. The van der Waals surface area contributed by atoms with Crippen molar-refractivity contribution in [1.29, 1.82) is 0 Å². The number of rotatable bonds is 2. The molecule has 1 amide bonds. The van der Waals surface area contributed by atoms with Crippen molar-refractivity contribution in [2.75, 3.05) is 13.1 Å². The minimum atomic E-state index is -1.24. The summed E-state index contributed by atoms with van der Waals surface area (Å²) < 4.78 is 5.28. The van der Waals surface area contributed by atoms with Crippen LogP contribution < -0.4 is 5.11 Å². The van der Waals surface area contributed by atoms with Crippen LogP contribution in [0.5, 0.6) is 5.75 Å². The third kappa shape index (κ3) is 3.50. The van der Waals surface area contributed by atoms with Crippen molar-refractivity contribution in [3.8, 4) is 5.75 Å². The molecular formula is C16H20NO5-. The first-order valence-electron chi connectivity index (χ1n) is 7.15. The topological polar surface area (TPSA) is 89.9 Å². The number of amides is 1. The highest BCUT2D eigenvalue weighted by Crippen LogP contribution is 2.37. The number of benzene rings is 1. The number of phenolic OH excluding ortho intramolecular Hbond substituents is 1. The summed E-state index contributed by atoms with van der Waals surface area (Å²) in [5.74, 6) is -2.61. The van der Waals surface area contributed by atoms with Gasteiger partial charge in [-0.3, -0.25) is 0 Å². The number of carbonyl (C=O) groups is 2. The van der Waals surface area contributed by atoms with Crippen LogP contribution in [0.2, 0.25) is 0 Å². The van der Waals surface area contributed by atoms with Crippen LogP contribution in [0, 0.1) is 5.92 Å². The number of para-hydroxylation sites is 1. The van der Waals surface area contributed by atoms with E-state index in [0.29, 0.717) is 5.56 Å². The molecule has 1 N–H and O–H groups in total. The lowest BCUT2D eigenvalue weighted by Gasteiger charge is -2.24. The number of aliphatic carboxylic acids is 1. The van der Waals surface area contributed by atoms with Gasteiger partial charge in [0.05, 0.1) is 0 Å². The van der Waals surface area contributed by atoms with E-state index in [-0.39, 0.29) is 18.8 Å². The van der Waals surface area contributed by atoms with Crippen molar-refractivity contribution in [3.05, 3.63) is 29.8 Å². The number of carboxylic acids is 1. The van der Waals surface area contributed by atoms with E-state index in [1.54, 1.807) is 39.0 Å². The molecule has 2 atom stereocenters. The van der Waals surface area contributed by atoms with Crippen LogP contribution in [0.15, 0.2) is 24.3 Å². The summed E-state index contributed by atoms with van der Waals surface area (Å²) in [5, 5.41) is 21.3. The second-order valence-electron chi connectivity index (χ2n) is 6.48. The second kappa shape index (κ2) is 5.87. The molecule has 6 nitrogen and oxygen atoms in total. The van der Waals surface area contributed by atoms with Crippen LogP contribution in [0.4, 0.5) is 4.79 Å². The van der Waals surface area contributed by atoms with E-state index >= 15 is 0 Å². The van der Waals surface area contributed by atoms with Gasteiger partial charge in [0.15, 0.2) is 0 Å². The Balaban J connectivity index is 2.22. The van der Waals surface area contributed by atoms with E-state index < -0.39 is 29.5 Å². The Kier molecular flexibility index (Phi) is 4.30. The minimum Gasteiger partial charge on any atom is -0.550 e.